The number of nitrogens with zero attached hydrogens (tertiary/aromatic N) is 2. The molecule has 26 heavy (non-hydrogen) atoms. The smallest absolute Gasteiger partial charge is 0.227 e. The van der Waals surface area contributed by atoms with E-state index in [0.29, 0.717) is 12.3 Å². The first kappa shape index (κ1) is 17.9. The Morgan fingerprint density at radius 3 is 2.38 bits per heavy atom. The zero-order chi connectivity index (χ0) is 18.4. The molecule has 0 aliphatic rings. The predicted molar refractivity (Wildman–Crippen MR) is 102 cm³/mol. The Morgan fingerprint density at radius 2 is 1.73 bits per heavy atom. The number of likely N-dealkylation sites (N-methyl/N-ethyl adjacent to an activating group) is 1. The Balaban J connectivity index is 1.58. The number of hydrogen-bond donors (Lipinski definition) is 1. The highest BCUT2D eigenvalue weighted by atomic mass is 16.5. The Morgan fingerprint density at radius 1 is 1.08 bits per heavy atom. The third-order valence-electron chi connectivity index (χ3n) is 4.26. The number of rotatable bonds is 7. The summed E-state index contributed by atoms with van der Waals surface area (Å²) < 4.78 is 5.31. The van der Waals surface area contributed by atoms with Gasteiger partial charge < -0.3 is 14.7 Å². The maximum absolute atomic E-state index is 12.3. The number of aromatic nitrogens is 1. The van der Waals surface area contributed by atoms with Gasteiger partial charge in [0.1, 0.15) is 11.5 Å². The average molecular weight is 349 g/mol. The van der Waals surface area contributed by atoms with Crippen molar-refractivity contribution in [1.29, 1.82) is 0 Å². The van der Waals surface area contributed by atoms with Gasteiger partial charge in [-0.3, -0.25) is 4.79 Å². The number of nitrogens with one attached hydrogen (secondary N) is 1. The van der Waals surface area contributed by atoms with E-state index in [-0.39, 0.29) is 18.4 Å². The zero-order valence-corrected chi connectivity index (χ0v) is 15.1. The van der Waals surface area contributed by atoms with E-state index >= 15 is 0 Å². The fraction of sp³-hybridized carbons (Fsp3) is 0.238. The normalized spacial score (nSPS) is 12.1. The van der Waals surface area contributed by atoms with Crippen LogP contribution in [0.3, 0.4) is 0 Å². The quantitative estimate of drug-likeness (QED) is 0.711. The standard InChI is InChI=1S/C21H23N3O2/c1-24(2)20(17-11-7-4-8-12-17)15-22-21(25)14-18-13-19(23-26-18)16-9-5-3-6-10-16/h3-13,20H,14-15H2,1-2H3,(H,22,25). The molecule has 1 heterocycles. The lowest BCUT2D eigenvalue weighted by molar-refractivity contribution is -0.120. The molecular weight excluding hydrogens is 326 g/mol. The van der Waals surface area contributed by atoms with E-state index in [1.165, 1.54) is 5.56 Å². The minimum atomic E-state index is -0.0801. The minimum absolute atomic E-state index is 0.0801. The second-order valence-corrected chi connectivity index (χ2v) is 6.42. The van der Waals surface area contributed by atoms with Gasteiger partial charge in [0.25, 0.3) is 0 Å². The molecule has 3 aromatic rings. The molecule has 1 amide bonds. The summed E-state index contributed by atoms with van der Waals surface area (Å²) in [5.41, 5.74) is 2.88. The molecule has 0 aliphatic heterocycles. The van der Waals surface area contributed by atoms with Crippen LogP contribution in [0.2, 0.25) is 0 Å². The van der Waals surface area contributed by atoms with E-state index < -0.39 is 0 Å². The first-order valence-electron chi connectivity index (χ1n) is 8.62. The molecule has 0 radical (unpaired) electrons. The van der Waals surface area contributed by atoms with Crippen molar-refractivity contribution >= 4 is 5.91 Å². The van der Waals surface area contributed by atoms with Crippen molar-refractivity contribution in [2.45, 2.75) is 12.5 Å². The summed E-state index contributed by atoms with van der Waals surface area (Å²) in [5.74, 6) is 0.478. The lowest BCUT2D eigenvalue weighted by Gasteiger charge is -2.25. The number of benzene rings is 2. The van der Waals surface area contributed by atoms with Crippen LogP contribution in [-0.2, 0) is 11.2 Å². The largest absolute Gasteiger partial charge is 0.360 e. The van der Waals surface area contributed by atoms with Crippen LogP contribution >= 0.6 is 0 Å². The molecule has 3 rings (SSSR count). The lowest BCUT2D eigenvalue weighted by Crippen LogP contribution is -2.35. The van der Waals surface area contributed by atoms with Crippen LogP contribution in [0, 0.1) is 0 Å². The zero-order valence-electron chi connectivity index (χ0n) is 15.1. The Labute approximate surface area is 153 Å². The van der Waals surface area contributed by atoms with Crippen LogP contribution in [0.1, 0.15) is 17.4 Å². The van der Waals surface area contributed by atoms with Crippen LogP contribution in [0.25, 0.3) is 11.3 Å². The molecule has 0 aliphatic carbocycles. The predicted octanol–water partition coefficient (Wildman–Crippen LogP) is 3.30. The molecule has 5 heteroatoms. The van der Waals surface area contributed by atoms with Crippen molar-refractivity contribution in [3.8, 4) is 11.3 Å². The van der Waals surface area contributed by atoms with E-state index in [1.54, 1.807) is 0 Å². The van der Waals surface area contributed by atoms with Gasteiger partial charge in [-0.1, -0.05) is 65.8 Å². The summed E-state index contributed by atoms with van der Waals surface area (Å²) in [5, 5.41) is 7.04. The molecule has 1 aromatic heterocycles. The molecule has 5 nitrogen and oxygen atoms in total. The van der Waals surface area contributed by atoms with Crippen LogP contribution < -0.4 is 5.32 Å². The maximum atomic E-state index is 12.3. The lowest BCUT2D eigenvalue weighted by atomic mass is 10.1. The number of carbonyl (C=O) groups is 1. The fourth-order valence-corrected chi connectivity index (χ4v) is 2.85. The summed E-state index contributed by atoms with van der Waals surface area (Å²) >= 11 is 0. The van der Waals surface area contributed by atoms with Crippen LogP contribution in [0.15, 0.2) is 71.3 Å². The monoisotopic (exact) mass is 349 g/mol. The van der Waals surface area contributed by atoms with Gasteiger partial charge in [-0.25, -0.2) is 0 Å². The second-order valence-electron chi connectivity index (χ2n) is 6.42. The molecule has 134 valence electrons. The van der Waals surface area contributed by atoms with E-state index in [0.717, 1.165) is 11.3 Å². The first-order chi connectivity index (χ1) is 12.6. The van der Waals surface area contributed by atoms with E-state index in [1.807, 2.05) is 68.7 Å². The molecule has 1 unspecified atom stereocenters. The average Bonchev–Trinajstić information content (AvgIpc) is 3.11. The summed E-state index contributed by atoms with van der Waals surface area (Å²) in [7, 11) is 4.01. The molecule has 0 bridgehead atoms. The highest BCUT2D eigenvalue weighted by Crippen LogP contribution is 2.19. The highest BCUT2D eigenvalue weighted by molar-refractivity contribution is 5.78. The van der Waals surface area contributed by atoms with Gasteiger partial charge in [0, 0.05) is 18.2 Å². The van der Waals surface area contributed by atoms with E-state index in [2.05, 4.69) is 27.5 Å². The molecular formula is C21H23N3O2. The van der Waals surface area contributed by atoms with Gasteiger partial charge in [-0.2, -0.15) is 0 Å². The van der Waals surface area contributed by atoms with Gasteiger partial charge in [0.2, 0.25) is 5.91 Å². The van der Waals surface area contributed by atoms with Crippen LogP contribution in [0.5, 0.6) is 0 Å². The minimum Gasteiger partial charge on any atom is -0.360 e. The van der Waals surface area contributed by atoms with Crippen molar-refractivity contribution in [3.05, 3.63) is 78.1 Å². The van der Waals surface area contributed by atoms with Crippen molar-refractivity contribution in [1.82, 2.24) is 15.4 Å². The van der Waals surface area contributed by atoms with Gasteiger partial charge in [-0.05, 0) is 19.7 Å². The molecule has 1 N–H and O–H groups in total. The van der Waals surface area contributed by atoms with Gasteiger partial charge in [-0.15, -0.1) is 0 Å². The Bertz CT molecular complexity index is 829. The van der Waals surface area contributed by atoms with Crippen molar-refractivity contribution in [3.63, 3.8) is 0 Å². The highest BCUT2D eigenvalue weighted by Gasteiger charge is 2.16. The number of hydrogen-bond acceptors (Lipinski definition) is 4. The third-order valence-corrected chi connectivity index (χ3v) is 4.26. The van der Waals surface area contributed by atoms with Crippen molar-refractivity contribution < 1.29 is 9.32 Å². The molecule has 1 atom stereocenters. The molecule has 0 saturated heterocycles. The third kappa shape index (κ3) is 4.58. The number of carbonyl (C=O) groups excluding carboxylic acids is 1. The Kier molecular flexibility index (Phi) is 5.81. The van der Waals surface area contributed by atoms with Gasteiger partial charge in [0.15, 0.2) is 0 Å². The van der Waals surface area contributed by atoms with E-state index in [4.69, 9.17) is 4.52 Å². The molecule has 0 saturated carbocycles. The fourth-order valence-electron chi connectivity index (χ4n) is 2.85. The molecule has 0 spiro atoms. The number of amides is 1. The topological polar surface area (TPSA) is 58.4 Å². The SMILES string of the molecule is CN(C)C(CNC(=O)Cc1cc(-c2ccccc2)no1)c1ccccc1. The van der Waals surface area contributed by atoms with Crippen molar-refractivity contribution in [2.24, 2.45) is 0 Å². The molecule has 0 fully saturated rings. The maximum Gasteiger partial charge on any atom is 0.227 e. The van der Waals surface area contributed by atoms with Gasteiger partial charge in [0.05, 0.1) is 12.5 Å². The van der Waals surface area contributed by atoms with Crippen molar-refractivity contribution in [2.75, 3.05) is 20.6 Å². The van der Waals surface area contributed by atoms with Crippen LogP contribution in [0.4, 0.5) is 0 Å². The second kappa shape index (κ2) is 8.45. The molecule has 2 aromatic carbocycles. The summed E-state index contributed by atoms with van der Waals surface area (Å²) in [6.07, 6.45) is 0.175. The summed E-state index contributed by atoms with van der Waals surface area (Å²) in [6, 6.07) is 21.8. The van der Waals surface area contributed by atoms with Gasteiger partial charge >= 0.3 is 0 Å². The first-order valence-corrected chi connectivity index (χ1v) is 8.62. The summed E-state index contributed by atoms with van der Waals surface area (Å²) in [6.45, 7) is 0.537. The van der Waals surface area contributed by atoms with Crippen LogP contribution in [-0.4, -0.2) is 36.6 Å². The Hall–Kier alpha value is -2.92. The van der Waals surface area contributed by atoms with E-state index in [9.17, 15) is 4.79 Å². The summed E-state index contributed by atoms with van der Waals surface area (Å²) in [4.78, 5) is 14.4.